The minimum Gasteiger partial charge on any atom is -0.479 e. The Balaban J connectivity index is 1.19. The Morgan fingerprint density at radius 2 is 1.24 bits per heavy atom. The quantitative estimate of drug-likeness (QED) is 0.307. The molecule has 3 heterocycles. The molecule has 0 radical (unpaired) electrons. The molecule has 0 unspecified atom stereocenters. The summed E-state index contributed by atoms with van der Waals surface area (Å²) in [6.07, 6.45) is -2.70. The molecule has 8 nitrogen and oxygen atoms in total. The van der Waals surface area contributed by atoms with Crippen LogP contribution in [0.1, 0.15) is 46.2 Å². The maximum atomic E-state index is 13.3. The second-order valence-corrected chi connectivity index (χ2v) is 10.8. The highest BCUT2D eigenvalue weighted by Gasteiger charge is 2.50. The van der Waals surface area contributed by atoms with Crippen LogP contribution in [0.15, 0.2) is 103 Å². The van der Waals surface area contributed by atoms with Gasteiger partial charge in [-0.25, -0.2) is 0 Å². The van der Waals surface area contributed by atoms with E-state index in [2.05, 4.69) is 0 Å². The number of fused-ring (bicyclic) bond motifs is 5. The van der Waals surface area contributed by atoms with Crippen LogP contribution in [0.5, 0.6) is 11.5 Å². The van der Waals surface area contributed by atoms with Gasteiger partial charge in [0, 0.05) is 31.0 Å². The summed E-state index contributed by atoms with van der Waals surface area (Å²) in [4.78, 5) is 26.4. The lowest BCUT2D eigenvalue weighted by atomic mass is 9.86. The third-order valence-corrected chi connectivity index (χ3v) is 7.94. The van der Waals surface area contributed by atoms with E-state index >= 15 is 0 Å². The number of aryl methyl sites for hydroxylation is 4. The fourth-order valence-corrected chi connectivity index (χ4v) is 5.76. The van der Waals surface area contributed by atoms with Gasteiger partial charge in [0.05, 0.1) is 10.9 Å². The molecule has 1 aliphatic carbocycles. The minimum absolute atomic E-state index is 0.0327. The number of aliphatic hydroxyl groups excluding tert-OH is 2. The summed E-state index contributed by atoms with van der Waals surface area (Å²) in [5, 5.41) is 22.3. The highest BCUT2D eigenvalue weighted by Crippen LogP contribution is 2.47. The molecule has 2 aromatic heterocycles. The molecule has 3 aromatic carbocycles. The summed E-state index contributed by atoms with van der Waals surface area (Å²) in [6.45, 7) is 0. The summed E-state index contributed by atoms with van der Waals surface area (Å²) < 4.78 is 24.3. The fraction of sp³-hybridized carbons (Fsp3) is 0.235. The van der Waals surface area contributed by atoms with Crippen molar-refractivity contribution >= 4 is 11.0 Å². The summed E-state index contributed by atoms with van der Waals surface area (Å²) in [5.41, 5.74) is 2.02. The molecule has 2 N–H and O–H groups in total. The van der Waals surface area contributed by atoms with E-state index in [1.54, 1.807) is 6.07 Å². The lowest BCUT2D eigenvalue weighted by Gasteiger charge is -2.41. The first kappa shape index (κ1) is 26.3. The number of hydrogen-bond donors (Lipinski definition) is 2. The Morgan fingerprint density at radius 3 is 1.90 bits per heavy atom. The predicted molar refractivity (Wildman–Crippen MR) is 154 cm³/mol. The molecule has 0 saturated carbocycles. The van der Waals surface area contributed by atoms with E-state index < -0.39 is 24.4 Å². The van der Waals surface area contributed by atoms with Crippen molar-refractivity contribution in [2.45, 2.75) is 50.1 Å². The lowest BCUT2D eigenvalue weighted by molar-refractivity contribution is -0.123. The molecule has 8 heteroatoms. The molecule has 0 bridgehead atoms. The largest absolute Gasteiger partial charge is 0.479 e. The molecule has 0 amide bonds. The molecule has 0 fully saturated rings. The van der Waals surface area contributed by atoms with Crippen molar-refractivity contribution in [3.05, 3.63) is 139 Å². The van der Waals surface area contributed by atoms with Crippen LogP contribution >= 0.6 is 0 Å². The number of benzene rings is 3. The van der Waals surface area contributed by atoms with Crippen molar-refractivity contribution in [1.29, 1.82) is 0 Å². The maximum Gasteiger partial charge on any atom is 0.193 e. The number of rotatable bonds is 6. The van der Waals surface area contributed by atoms with E-state index in [1.165, 1.54) is 18.2 Å². The topological polar surface area (TPSA) is 119 Å². The molecule has 2 aliphatic rings. The summed E-state index contributed by atoms with van der Waals surface area (Å²) in [5.74, 6) is 1.38. The van der Waals surface area contributed by atoms with Gasteiger partial charge in [-0.05, 0) is 30.0 Å². The highest BCUT2D eigenvalue weighted by molar-refractivity contribution is 5.81. The average molecular weight is 565 g/mol. The Labute approximate surface area is 240 Å². The van der Waals surface area contributed by atoms with Gasteiger partial charge in [-0.1, -0.05) is 60.7 Å². The van der Waals surface area contributed by atoms with Gasteiger partial charge < -0.3 is 28.5 Å². The van der Waals surface area contributed by atoms with E-state index in [0.29, 0.717) is 48.2 Å². The first-order valence-corrected chi connectivity index (χ1v) is 14.0. The molecule has 7 rings (SSSR count). The average Bonchev–Trinajstić information content (AvgIpc) is 3.01. The molecule has 5 aromatic rings. The third-order valence-electron chi connectivity index (χ3n) is 7.94. The van der Waals surface area contributed by atoms with Crippen LogP contribution in [-0.4, -0.2) is 22.4 Å². The van der Waals surface area contributed by atoms with Crippen molar-refractivity contribution in [2.75, 3.05) is 0 Å². The van der Waals surface area contributed by atoms with E-state index in [0.717, 1.165) is 11.1 Å². The van der Waals surface area contributed by atoms with Gasteiger partial charge in [0.15, 0.2) is 34.6 Å². The third kappa shape index (κ3) is 4.78. The van der Waals surface area contributed by atoms with Crippen molar-refractivity contribution in [3.63, 3.8) is 0 Å². The van der Waals surface area contributed by atoms with Gasteiger partial charge in [0.2, 0.25) is 0 Å². The van der Waals surface area contributed by atoms with Crippen molar-refractivity contribution < 1.29 is 28.5 Å². The number of ether oxygens (including phenoxy) is 2. The van der Waals surface area contributed by atoms with Gasteiger partial charge in [0.25, 0.3) is 0 Å². The van der Waals surface area contributed by atoms with Crippen LogP contribution in [0.3, 0.4) is 0 Å². The van der Waals surface area contributed by atoms with Gasteiger partial charge in [-0.15, -0.1) is 0 Å². The first-order valence-electron chi connectivity index (χ1n) is 14.0. The molecule has 0 spiro atoms. The van der Waals surface area contributed by atoms with Crippen molar-refractivity contribution in [3.8, 4) is 11.5 Å². The normalized spacial score (nSPS) is 20.6. The molecule has 1 aliphatic heterocycles. The lowest BCUT2D eigenvalue weighted by Crippen LogP contribution is -2.50. The van der Waals surface area contributed by atoms with Gasteiger partial charge in [0.1, 0.15) is 35.1 Å². The Morgan fingerprint density at radius 1 is 0.643 bits per heavy atom. The molecule has 4 atom stereocenters. The van der Waals surface area contributed by atoms with E-state index in [-0.39, 0.29) is 33.7 Å². The van der Waals surface area contributed by atoms with E-state index in [9.17, 15) is 19.8 Å². The van der Waals surface area contributed by atoms with Gasteiger partial charge in [-0.3, -0.25) is 9.59 Å². The second-order valence-electron chi connectivity index (χ2n) is 10.8. The second kappa shape index (κ2) is 10.6. The SMILES string of the molecule is O=c1cc(CCc2ccccc2)oc2c1[C@@H]1Oc3cc4c(=O)cc(CCc5ccccc5)oc4cc3O[C@@H]1[C@@H](O)[C@@H]2O. The smallest absolute Gasteiger partial charge is 0.193 e. The molecular weight excluding hydrogens is 536 g/mol. The van der Waals surface area contributed by atoms with Gasteiger partial charge >= 0.3 is 0 Å². The van der Waals surface area contributed by atoms with Crippen LogP contribution in [0.4, 0.5) is 0 Å². The van der Waals surface area contributed by atoms with Crippen LogP contribution in [-0.2, 0) is 25.7 Å². The highest BCUT2D eigenvalue weighted by atomic mass is 16.6. The van der Waals surface area contributed by atoms with E-state index in [4.69, 9.17) is 18.3 Å². The van der Waals surface area contributed by atoms with Crippen molar-refractivity contribution in [1.82, 2.24) is 0 Å². The van der Waals surface area contributed by atoms with Crippen LogP contribution in [0, 0.1) is 0 Å². The Kier molecular flexibility index (Phi) is 6.64. The van der Waals surface area contributed by atoms with Crippen LogP contribution in [0.2, 0.25) is 0 Å². The van der Waals surface area contributed by atoms with E-state index in [1.807, 2.05) is 60.7 Å². The zero-order valence-corrected chi connectivity index (χ0v) is 22.6. The van der Waals surface area contributed by atoms with Crippen LogP contribution < -0.4 is 20.3 Å². The summed E-state index contributed by atoms with van der Waals surface area (Å²) in [6, 6.07) is 25.7. The monoisotopic (exact) mass is 564 g/mol. The first-order chi connectivity index (χ1) is 20.4. The zero-order valence-electron chi connectivity index (χ0n) is 22.6. The van der Waals surface area contributed by atoms with Gasteiger partial charge in [-0.2, -0.15) is 0 Å². The fourth-order valence-electron chi connectivity index (χ4n) is 5.76. The molecule has 42 heavy (non-hydrogen) atoms. The molecule has 212 valence electrons. The van der Waals surface area contributed by atoms with Crippen molar-refractivity contribution in [2.24, 2.45) is 0 Å². The minimum atomic E-state index is -1.49. The molecular formula is C34H28O8. The van der Waals surface area contributed by atoms with Crippen LogP contribution in [0.25, 0.3) is 11.0 Å². The maximum absolute atomic E-state index is 13.3. The summed E-state index contributed by atoms with van der Waals surface area (Å²) in [7, 11) is 0. The Hall–Kier alpha value is -4.66. The zero-order chi connectivity index (χ0) is 28.8. The number of aliphatic hydroxyl groups is 2. The molecule has 0 saturated heterocycles. The Bertz CT molecular complexity index is 1880. The standard InChI is InChI=1S/C34H28O8/c35-24-15-21(13-11-19-7-3-1-4-8-19)39-26-18-28-27(17-23(24)26)41-33-29-25(36)16-22(14-12-20-9-5-2-6-10-20)40-32(29)30(37)31(38)34(33)42-28/h1-10,15-18,30-31,33-34,37-38H,11-14H2/t30-,31-,33-,34+/m0/s1. The predicted octanol–water partition coefficient (Wildman–Crippen LogP) is 4.61. The summed E-state index contributed by atoms with van der Waals surface area (Å²) >= 11 is 0. The number of hydrogen-bond acceptors (Lipinski definition) is 8.